The molecule has 5 heteroatoms. The summed E-state index contributed by atoms with van der Waals surface area (Å²) >= 11 is 0. The predicted octanol–water partition coefficient (Wildman–Crippen LogP) is 2.44. The van der Waals surface area contributed by atoms with Crippen molar-refractivity contribution in [3.63, 3.8) is 0 Å². The Bertz CT molecular complexity index is 406. The third-order valence-electron chi connectivity index (χ3n) is 4.48. The van der Waals surface area contributed by atoms with Gasteiger partial charge in [0.25, 0.3) is 0 Å². The molecule has 114 valence electrons. The highest BCUT2D eigenvalue weighted by atomic mass is 16.6. The van der Waals surface area contributed by atoms with E-state index in [9.17, 15) is 9.59 Å². The molecule has 0 spiro atoms. The van der Waals surface area contributed by atoms with Gasteiger partial charge in [-0.1, -0.05) is 0 Å². The molecule has 0 aromatic rings. The summed E-state index contributed by atoms with van der Waals surface area (Å²) in [6, 6.07) is 0.223. The van der Waals surface area contributed by atoms with Gasteiger partial charge in [-0.2, -0.15) is 0 Å². The lowest BCUT2D eigenvalue weighted by molar-refractivity contribution is -0.120. The number of carbonyl (C=O) groups is 2. The van der Waals surface area contributed by atoms with Crippen LogP contribution in [0, 0.1) is 0 Å². The van der Waals surface area contributed by atoms with Crippen LogP contribution in [0.2, 0.25) is 0 Å². The van der Waals surface area contributed by atoms with Crippen LogP contribution in [0.3, 0.4) is 0 Å². The summed E-state index contributed by atoms with van der Waals surface area (Å²) in [5, 5.41) is 2.96. The molecule has 2 rings (SSSR count). The first-order valence-electron chi connectivity index (χ1n) is 7.45. The maximum Gasteiger partial charge on any atom is 0.411 e. The highest BCUT2D eigenvalue weighted by Crippen LogP contribution is 2.48. The fourth-order valence-corrected chi connectivity index (χ4v) is 3.69. The van der Waals surface area contributed by atoms with Crippen molar-refractivity contribution in [2.24, 2.45) is 0 Å². The van der Waals surface area contributed by atoms with Gasteiger partial charge in [0.1, 0.15) is 5.60 Å². The lowest BCUT2D eigenvalue weighted by Crippen LogP contribution is -2.58. The van der Waals surface area contributed by atoms with Gasteiger partial charge < -0.3 is 10.1 Å². The summed E-state index contributed by atoms with van der Waals surface area (Å²) in [6.07, 6.45) is 3.65. The van der Waals surface area contributed by atoms with Crippen LogP contribution in [0.15, 0.2) is 0 Å². The van der Waals surface area contributed by atoms with E-state index in [0.717, 1.165) is 25.7 Å². The molecule has 2 bridgehead atoms. The Morgan fingerprint density at radius 1 is 1.30 bits per heavy atom. The van der Waals surface area contributed by atoms with Crippen molar-refractivity contribution in [3.8, 4) is 0 Å². The molecule has 2 saturated heterocycles. The van der Waals surface area contributed by atoms with Gasteiger partial charge >= 0.3 is 6.09 Å². The molecule has 2 aliphatic rings. The van der Waals surface area contributed by atoms with Crippen LogP contribution in [0.25, 0.3) is 0 Å². The van der Waals surface area contributed by atoms with E-state index in [0.29, 0.717) is 0 Å². The predicted molar refractivity (Wildman–Crippen MR) is 76.3 cm³/mol. The van der Waals surface area contributed by atoms with Crippen LogP contribution in [-0.2, 0) is 9.53 Å². The van der Waals surface area contributed by atoms with Crippen molar-refractivity contribution in [3.05, 3.63) is 0 Å². The van der Waals surface area contributed by atoms with Gasteiger partial charge in [-0.05, 0) is 53.4 Å². The standard InChI is InChI=1S/C15H26N2O3/c1-10(16-11(2)18)15-8-6-12(7-9-15)17(15)13(19)20-14(3,4)5/h10,12H,6-9H2,1-5H3,(H,16,18). The van der Waals surface area contributed by atoms with Crippen LogP contribution in [0.4, 0.5) is 4.79 Å². The highest BCUT2D eigenvalue weighted by molar-refractivity contribution is 5.74. The van der Waals surface area contributed by atoms with E-state index in [2.05, 4.69) is 5.32 Å². The van der Waals surface area contributed by atoms with Crippen LogP contribution in [0.1, 0.15) is 60.3 Å². The summed E-state index contributed by atoms with van der Waals surface area (Å²) in [7, 11) is 0. The summed E-state index contributed by atoms with van der Waals surface area (Å²) in [4.78, 5) is 25.8. The van der Waals surface area contributed by atoms with Gasteiger partial charge in [0.2, 0.25) is 5.91 Å². The Hall–Kier alpha value is -1.26. The fourth-order valence-electron chi connectivity index (χ4n) is 3.69. The Kier molecular flexibility index (Phi) is 3.73. The normalized spacial score (nSPS) is 30.2. The molecule has 0 saturated carbocycles. The summed E-state index contributed by atoms with van der Waals surface area (Å²) in [6.45, 7) is 9.16. The van der Waals surface area contributed by atoms with Gasteiger partial charge in [0.15, 0.2) is 0 Å². The third-order valence-corrected chi connectivity index (χ3v) is 4.48. The minimum absolute atomic E-state index is 0.0416. The van der Waals surface area contributed by atoms with E-state index >= 15 is 0 Å². The van der Waals surface area contributed by atoms with E-state index < -0.39 is 5.60 Å². The maximum atomic E-state index is 12.5. The monoisotopic (exact) mass is 282 g/mol. The first-order valence-corrected chi connectivity index (χ1v) is 7.45. The van der Waals surface area contributed by atoms with Gasteiger partial charge in [0.05, 0.1) is 5.54 Å². The first-order chi connectivity index (χ1) is 9.16. The van der Waals surface area contributed by atoms with Crippen molar-refractivity contribution in [2.75, 3.05) is 0 Å². The summed E-state index contributed by atoms with van der Waals surface area (Å²) < 4.78 is 5.56. The smallest absolute Gasteiger partial charge is 0.411 e. The number of ether oxygens (including phenoxy) is 1. The molecular formula is C15H26N2O3. The average molecular weight is 282 g/mol. The molecule has 0 radical (unpaired) electrons. The molecule has 1 N–H and O–H groups in total. The maximum absolute atomic E-state index is 12.5. The van der Waals surface area contributed by atoms with E-state index in [1.54, 1.807) is 0 Å². The van der Waals surface area contributed by atoms with Crippen molar-refractivity contribution >= 4 is 12.0 Å². The van der Waals surface area contributed by atoms with Gasteiger partial charge in [-0.3, -0.25) is 9.69 Å². The second-order valence-corrected chi connectivity index (χ2v) is 7.11. The number of nitrogens with one attached hydrogen (secondary N) is 1. The second kappa shape index (κ2) is 4.93. The zero-order valence-electron chi connectivity index (χ0n) is 13.2. The van der Waals surface area contributed by atoms with Crippen molar-refractivity contribution in [2.45, 2.75) is 83.5 Å². The average Bonchev–Trinajstić information content (AvgIpc) is 2.81. The first kappa shape index (κ1) is 15.1. The number of carbonyl (C=O) groups excluding carboxylic acids is 2. The van der Waals surface area contributed by atoms with Crippen LogP contribution in [0.5, 0.6) is 0 Å². The van der Waals surface area contributed by atoms with Crippen molar-refractivity contribution < 1.29 is 14.3 Å². The topological polar surface area (TPSA) is 58.6 Å². The van der Waals surface area contributed by atoms with E-state index in [-0.39, 0.29) is 29.6 Å². The fraction of sp³-hybridized carbons (Fsp3) is 0.867. The zero-order chi connectivity index (χ0) is 15.1. The van der Waals surface area contributed by atoms with E-state index in [1.807, 2.05) is 32.6 Å². The highest BCUT2D eigenvalue weighted by Gasteiger charge is 2.57. The number of amides is 2. The number of nitrogens with zero attached hydrogens (tertiary/aromatic N) is 1. The third kappa shape index (κ3) is 2.63. The van der Waals surface area contributed by atoms with Gasteiger partial charge in [-0.25, -0.2) is 4.79 Å². The molecule has 20 heavy (non-hydrogen) atoms. The number of hydrogen-bond acceptors (Lipinski definition) is 3. The van der Waals surface area contributed by atoms with Gasteiger partial charge in [0, 0.05) is 19.0 Å². The van der Waals surface area contributed by atoms with Crippen molar-refractivity contribution in [1.29, 1.82) is 0 Å². The van der Waals surface area contributed by atoms with E-state index in [4.69, 9.17) is 4.74 Å². The lowest BCUT2D eigenvalue weighted by Gasteiger charge is -2.40. The molecule has 1 unspecified atom stereocenters. The molecular weight excluding hydrogens is 256 g/mol. The molecule has 2 fully saturated rings. The molecule has 2 aliphatic heterocycles. The zero-order valence-corrected chi connectivity index (χ0v) is 13.2. The number of rotatable bonds is 2. The quantitative estimate of drug-likeness (QED) is 0.846. The Morgan fingerprint density at radius 3 is 2.30 bits per heavy atom. The largest absolute Gasteiger partial charge is 0.444 e. The van der Waals surface area contributed by atoms with Crippen molar-refractivity contribution in [1.82, 2.24) is 10.2 Å². The second-order valence-electron chi connectivity index (χ2n) is 7.11. The molecule has 2 amide bonds. The molecule has 0 aromatic carbocycles. The number of fused-ring (bicyclic) bond motifs is 2. The molecule has 5 nitrogen and oxygen atoms in total. The Morgan fingerprint density at radius 2 is 1.85 bits per heavy atom. The Labute approximate surface area is 121 Å². The SMILES string of the molecule is CC(=O)NC(C)C12CCC(CC1)N2C(=O)OC(C)(C)C. The summed E-state index contributed by atoms with van der Waals surface area (Å²) in [5.74, 6) is -0.0497. The van der Waals surface area contributed by atoms with E-state index in [1.165, 1.54) is 6.92 Å². The minimum atomic E-state index is -0.489. The number of hydrogen-bond donors (Lipinski definition) is 1. The van der Waals surface area contributed by atoms with Crippen LogP contribution in [-0.4, -0.2) is 40.1 Å². The lowest BCUT2D eigenvalue weighted by atomic mass is 9.82. The minimum Gasteiger partial charge on any atom is -0.444 e. The molecule has 1 atom stereocenters. The molecule has 2 heterocycles. The van der Waals surface area contributed by atoms with Crippen LogP contribution < -0.4 is 5.32 Å². The molecule has 0 aromatic heterocycles. The van der Waals surface area contributed by atoms with Gasteiger partial charge in [-0.15, -0.1) is 0 Å². The van der Waals surface area contributed by atoms with Crippen LogP contribution >= 0.6 is 0 Å². The Balaban J connectivity index is 2.19. The molecule has 0 aliphatic carbocycles. The summed E-state index contributed by atoms with van der Waals surface area (Å²) in [5.41, 5.74) is -0.754.